The highest BCUT2D eigenvalue weighted by molar-refractivity contribution is 5.80. The fraction of sp³-hybridized carbons (Fsp3) is 0.947. The van der Waals surface area contributed by atoms with Gasteiger partial charge in [-0.25, -0.2) is 0 Å². The van der Waals surface area contributed by atoms with Crippen molar-refractivity contribution in [2.45, 2.75) is 65.8 Å². The fourth-order valence-electron chi connectivity index (χ4n) is 3.24. The van der Waals surface area contributed by atoms with Crippen molar-refractivity contribution in [3.05, 3.63) is 0 Å². The normalized spacial score (nSPS) is 17.5. The zero-order valence-corrected chi connectivity index (χ0v) is 16.6. The van der Waals surface area contributed by atoms with Gasteiger partial charge in [0.05, 0.1) is 6.54 Å². The Morgan fingerprint density at radius 3 is 2.42 bits per heavy atom. The summed E-state index contributed by atoms with van der Waals surface area (Å²) in [5.41, 5.74) is 0. The van der Waals surface area contributed by atoms with Crippen LogP contribution in [0, 0.1) is 0 Å². The lowest BCUT2D eigenvalue weighted by Gasteiger charge is -2.33. The third kappa shape index (κ3) is 8.88. The van der Waals surface area contributed by atoms with Gasteiger partial charge < -0.3 is 20.4 Å². The van der Waals surface area contributed by atoms with E-state index in [1.165, 1.54) is 58.3 Å². The molecule has 0 spiro atoms. The molecule has 1 rings (SSSR count). The minimum absolute atomic E-state index is 0.568. The molecule has 0 amide bonds. The van der Waals surface area contributed by atoms with E-state index in [0.717, 1.165) is 32.1 Å². The molecule has 142 valence electrons. The van der Waals surface area contributed by atoms with Gasteiger partial charge in [0.15, 0.2) is 5.96 Å². The second-order valence-electron chi connectivity index (χ2n) is 6.81. The maximum Gasteiger partial charge on any atom is 0.191 e. The number of hydrogen-bond acceptors (Lipinski definition) is 3. The summed E-state index contributed by atoms with van der Waals surface area (Å²) in [4.78, 5) is 9.86. The molecule has 0 unspecified atom stereocenters. The van der Waals surface area contributed by atoms with Gasteiger partial charge in [-0.05, 0) is 52.2 Å². The van der Waals surface area contributed by atoms with Crippen molar-refractivity contribution in [3.8, 4) is 0 Å². The molecular weight excluding hydrogens is 298 g/mol. The lowest BCUT2D eigenvalue weighted by Crippen LogP contribution is -2.49. The summed E-state index contributed by atoms with van der Waals surface area (Å²) in [6, 6.07) is 0.568. The van der Waals surface area contributed by atoms with Gasteiger partial charge in [-0.1, -0.05) is 27.2 Å². The summed E-state index contributed by atoms with van der Waals surface area (Å²) in [7, 11) is 0. The molecule has 2 N–H and O–H groups in total. The monoisotopic (exact) mass is 339 g/mol. The van der Waals surface area contributed by atoms with Crippen LogP contribution in [0.1, 0.15) is 59.8 Å². The van der Waals surface area contributed by atoms with E-state index in [0.29, 0.717) is 6.04 Å². The molecule has 0 aromatic carbocycles. The molecule has 0 bridgehead atoms. The van der Waals surface area contributed by atoms with Crippen molar-refractivity contribution in [2.75, 3.05) is 52.4 Å². The number of aliphatic imine (C=N–C) groups is 1. The van der Waals surface area contributed by atoms with Gasteiger partial charge in [-0.2, -0.15) is 0 Å². The average molecular weight is 340 g/mol. The smallest absolute Gasteiger partial charge is 0.191 e. The van der Waals surface area contributed by atoms with E-state index in [-0.39, 0.29) is 0 Å². The summed E-state index contributed by atoms with van der Waals surface area (Å²) in [5, 5.41) is 7.06. The van der Waals surface area contributed by atoms with E-state index in [4.69, 9.17) is 4.99 Å². The Morgan fingerprint density at radius 2 is 1.83 bits per heavy atom. The first-order chi connectivity index (χ1) is 11.7. The Morgan fingerprint density at radius 1 is 1.08 bits per heavy atom. The highest BCUT2D eigenvalue weighted by Crippen LogP contribution is 2.11. The molecular formula is C19H41N5. The number of nitrogens with zero attached hydrogens (tertiary/aromatic N) is 3. The Labute approximate surface area is 150 Å². The van der Waals surface area contributed by atoms with Gasteiger partial charge in [0, 0.05) is 32.2 Å². The number of guanidine groups is 1. The third-order valence-corrected chi connectivity index (χ3v) is 4.77. The van der Waals surface area contributed by atoms with Gasteiger partial charge in [0.1, 0.15) is 0 Å². The Hall–Kier alpha value is -0.810. The van der Waals surface area contributed by atoms with Gasteiger partial charge in [0.25, 0.3) is 0 Å². The van der Waals surface area contributed by atoms with Crippen LogP contribution in [-0.2, 0) is 0 Å². The average Bonchev–Trinajstić information content (AvgIpc) is 2.60. The Kier molecular flexibility index (Phi) is 11.9. The van der Waals surface area contributed by atoms with Crippen molar-refractivity contribution in [2.24, 2.45) is 4.99 Å². The van der Waals surface area contributed by atoms with Gasteiger partial charge in [0.2, 0.25) is 0 Å². The standard InChI is InChI=1S/C19H41N5/c1-5-9-14-24-15-10-18(11-16-24)22-19(20-7-3)21-12-17-23(8-4)13-6-2/h18H,5-17H2,1-4H3,(H2,20,21,22). The Bertz CT molecular complexity index is 324. The quantitative estimate of drug-likeness (QED) is 0.448. The minimum atomic E-state index is 0.568. The predicted molar refractivity (Wildman–Crippen MR) is 106 cm³/mol. The molecule has 1 fully saturated rings. The molecule has 5 heteroatoms. The van der Waals surface area contributed by atoms with Crippen LogP contribution < -0.4 is 10.6 Å². The second-order valence-corrected chi connectivity index (χ2v) is 6.81. The molecule has 0 atom stereocenters. The minimum Gasteiger partial charge on any atom is -0.357 e. The summed E-state index contributed by atoms with van der Waals surface area (Å²) >= 11 is 0. The maximum atomic E-state index is 4.79. The number of nitrogens with one attached hydrogen (secondary N) is 2. The fourth-order valence-corrected chi connectivity index (χ4v) is 3.24. The lowest BCUT2D eigenvalue weighted by molar-refractivity contribution is 0.203. The Balaban J connectivity index is 2.35. The zero-order valence-electron chi connectivity index (χ0n) is 16.6. The maximum absolute atomic E-state index is 4.79. The zero-order chi connectivity index (χ0) is 17.6. The first kappa shape index (κ1) is 21.2. The van der Waals surface area contributed by atoms with Crippen LogP contribution in [0.3, 0.4) is 0 Å². The number of unbranched alkanes of at least 4 members (excludes halogenated alkanes) is 1. The SMILES string of the molecule is CCCCN1CCC(NC(=NCCN(CC)CCC)NCC)CC1. The van der Waals surface area contributed by atoms with Crippen molar-refractivity contribution in [3.63, 3.8) is 0 Å². The number of likely N-dealkylation sites (tertiary alicyclic amines) is 1. The van der Waals surface area contributed by atoms with E-state index in [2.05, 4.69) is 48.1 Å². The lowest BCUT2D eigenvalue weighted by atomic mass is 10.0. The molecule has 0 aromatic heterocycles. The van der Waals surface area contributed by atoms with E-state index in [1.54, 1.807) is 0 Å². The van der Waals surface area contributed by atoms with Crippen LogP contribution in [0.4, 0.5) is 0 Å². The molecule has 24 heavy (non-hydrogen) atoms. The molecule has 1 aliphatic rings. The summed E-state index contributed by atoms with van der Waals surface area (Å²) in [5.74, 6) is 0.997. The number of rotatable bonds is 11. The number of likely N-dealkylation sites (N-methyl/N-ethyl adjacent to an activating group) is 1. The van der Waals surface area contributed by atoms with Gasteiger partial charge in [-0.3, -0.25) is 4.99 Å². The first-order valence-electron chi connectivity index (χ1n) is 10.2. The van der Waals surface area contributed by atoms with Crippen LogP contribution >= 0.6 is 0 Å². The van der Waals surface area contributed by atoms with Crippen molar-refractivity contribution in [1.29, 1.82) is 0 Å². The van der Waals surface area contributed by atoms with Crippen LogP contribution in [-0.4, -0.2) is 74.2 Å². The summed E-state index contributed by atoms with van der Waals surface area (Å²) in [6.07, 6.45) is 6.29. The highest BCUT2D eigenvalue weighted by atomic mass is 15.2. The van der Waals surface area contributed by atoms with Gasteiger partial charge >= 0.3 is 0 Å². The molecule has 0 aromatic rings. The molecule has 0 radical (unpaired) electrons. The van der Waals surface area contributed by atoms with Gasteiger partial charge in [-0.15, -0.1) is 0 Å². The summed E-state index contributed by atoms with van der Waals surface area (Å²) < 4.78 is 0. The largest absolute Gasteiger partial charge is 0.357 e. The first-order valence-corrected chi connectivity index (χ1v) is 10.2. The molecule has 0 aliphatic carbocycles. The van der Waals surface area contributed by atoms with Crippen molar-refractivity contribution < 1.29 is 0 Å². The molecule has 1 aliphatic heterocycles. The molecule has 5 nitrogen and oxygen atoms in total. The number of piperidine rings is 1. The van der Waals surface area contributed by atoms with Crippen LogP contribution in [0.15, 0.2) is 4.99 Å². The third-order valence-electron chi connectivity index (χ3n) is 4.77. The van der Waals surface area contributed by atoms with E-state index >= 15 is 0 Å². The van der Waals surface area contributed by atoms with E-state index < -0.39 is 0 Å². The molecule has 0 saturated carbocycles. The van der Waals surface area contributed by atoms with E-state index in [9.17, 15) is 0 Å². The topological polar surface area (TPSA) is 42.9 Å². The van der Waals surface area contributed by atoms with Crippen molar-refractivity contribution >= 4 is 5.96 Å². The van der Waals surface area contributed by atoms with Crippen molar-refractivity contribution in [1.82, 2.24) is 20.4 Å². The van der Waals surface area contributed by atoms with Crippen LogP contribution in [0.5, 0.6) is 0 Å². The van der Waals surface area contributed by atoms with Crippen LogP contribution in [0.2, 0.25) is 0 Å². The highest BCUT2D eigenvalue weighted by Gasteiger charge is 2.19. The second kappa shape index (κ2) is 13.5. The predicted octanol–water partition coefficient (Wildman–Crippen LogP) is 2.54. The summed E-state index contributed by atoms with van der Waals surface area (Å²) in [6.45, 7) is 17.7. The molecule has 1 heterocycles. The van der Waals surface area contributed by atoms with E-state index in [1.807, 2.05) is 0 Å². The molecule has 1 saturated heterocycles. The number of hydrogen-bond donors (Lipinski definition) is 2. The van der Waals surface area contributed by atoms with Crippen LogP contribution in [0.25, 0.3) is 0 Å².